The highest BCUT2D eigenvalue weighted by molar-refractivity contribution is 5.27. The molecule has 1 aliphatic rings. The molecule has 1 atom stereocenters. The lowest BCUT2D eigenvalue weighted by molar-refractivity contribution is 0.171. The molecule has 0 aliphatic carbocycles. The van der Waals surface area contributed by atoms with Gasteiger partial charge in [0.2, 0.25) is 0 Å². The molecule has 1 aromatic rings. The molecule has 0 amide bonds. The van der Waals surface area contributed by atoms with Crippen LogP contribution in [-0.2, 0) is 11.8 Å². The van der Waals surface area contributed by atoms with E-state index in [1.165, 1.54) is 75.7 Å². The maximum absolute atomic E-state index is 2.72. The number of nitrogens with zero attached hydrogens (tertiary/aromatic N) is 1. The van der Waals surface area contributed by atoms with Crippen LogP contribution in [0, 0.1) is 5.92 Å². The number of rotatable bonds is 7. The Bertz CT molecular complexity index is 440. The largest absolute Gasteiger partial charge is 0.303 e. The highest BCUT2D eigenvalue weighted by Crippen LogP contribution is 2.25. The van der Waals surface area contributed by atoms with Gasteiger partial charge in [0.05, 0.1) is 0 Å². The summed E-state index contributed by atoms with van der Waals surface area (Å²) in [6.07, 6.45) is 9.60. The van der Waals surface area contributed by atoms with E-state index in [2.05, 4.69) is 56.9 Å². The monoisotopic (exact) mass is 315 g/mol. The molecule has 0 aromatic heterocycles. The van der Waals surface area contributed by atoms with Crippen LogP contribution in [0.1, 0.15) is 77.3 Å². The van der Waals surface area contributed by atoms with Crippen molar-refractivity contribution in [2.45, 2.75) is 78.1 Å². The van der Waals surface area contributed by atoms with E-state index in [1.807, 2.05) is 0 Å². The van der Waals surface area contributed by atoms with Crippen molar-refractivity contribution in [2.75, 3.05) is 19.6 Å². The van der Waals surface area contributed by atoms with E-state index in [1.54, 1.807) is 0 Å². The second-order valence-electron chi connectivity index (χ2n) is 8.52. The molecule has 0 saturated carbocycles. The molecule has 130 valence electrons. The van der Waals surface area contributed by atoms with Gasteiger partial charge in [0.1, 0.15) is 0 Å². The fraction of sp³-hybridized carbons (Fsp3) is 0.727. The normalized spacial score (nSPS) is 19.9. The lowest BCUT2D eigenvalue weighted by atomic mass is 9.85. The number of likely N-dealkylation sites (tertiary alicyclic amines) is 1. The summed E-state index contributed by atoms with van der Waals surface area (Å²) >= 11 is 0. The number of hydrogen-bond acceptors (Lipinski definition) is 1. The van der Waals surface area contributed by atoms with Crippen molar-refractivity contribution in [2.24, 2.45) is 5.92 Å². The Labute approximate surface area is 144 Å². The van der Waals surface area contributed by atoms with Crippen molar-refractivity contribution in [3.63, 3.8) is 0 Å². The molecule has 1 aromatic carbocycles. The summed E-state index contributed by atoms with van der Waals surface area (Å²) in [5.74, 6) is 0.857. The van der Waals surface area contributed by atoms with Gasteiger partial charge in [0.15, 0.2) is 0 Å². The van der Waals surface area contributed by atoms with Gasteiger partial charge in [-0.05, 0) is 61.2 Å². The second kappa shape index (κ2) is 8.87. The molecule has 0 spiro atoms. The first-order chi connectivity index (χ1) is 11.0. The topological polar surface area (TPSA) is 3.24 Å². The molecule has 0 bridgehead atoms. The Kier molecular flexibility index (Phi) is 7.14. The minimum Gasteiger partial charge on any atom is -0.303 e. The van der Waals surface area contributed by atoms with Crippen LogP contribution < -0.4 is 0 Å². The molecule has 1 aliphatic heterocycles. The van der Waals surface area contributed by atoms with Crippen molar-refractivity contribution in [3.05, 3.63) is 35.4 Å². The first-order valence-electron chi connectivity index (χ1n) is 9.81. The number of piperidine rings is 1. The summed E-state index contributed by atoms with van der Waals surface area (Å²) in [6, 6.07) is 9.39. The van der Waals surface area contributed by atoms with E-state index in [4.69, 9.17) is 0 Å². The quantitative estimate of drug-likeness (QED) is 0.573. The Balaban J connectivity index is 1.80. The van der Waals surface area contributed by atoms with Gasteiger partial charge in [-0.2, -0.15) is 0 Å². The zero-order valence-corrected chi connectivity index (χ0v) is 15.9. The Hall–Kier alpha value is -0.820. The average Bonchev–Trinajstić information content (AvgIpc) is 2.52. The van der Waals surface area contributed by atoms with Gasteiger partial charge in [-0.3, -0.25) is 0 Å². The highest BCUT2D eigenvalue weighted by Gasteiger charge is 2.20. The molecule has 0 N–H and O–H groups in total. The third kappa shape index (κ3) is 6.30. The van der Waals surface area contributed by atoms with Crippen molar-refractivity contribution in [1.29, 1.82) is 0 Å². The predicted octanol–water partition coefficient (Wildman–Crippen LogP) is 5.82. The van der Waals surface area contributed by atoms with Crippen LogP contribution in [0.2, 0.25) is 0 Å². The molecule has 23 heavy (non-hydrogen) atoms. The van der Waals surface area contributed by atoms with Crippen molar-refractivity contribution >= 4 is 0 Å². The van der Waals surface area contributed by atoms with Crippen molar-refractivity contribution in [3.8, 4) is 0 Å². The number of unbranched alkanes of at least 4 members (excludes halogenated alkanes) is 3. The van der Waals surface area contributed by atoms with Gasteiger partial charge in [-0.1, -0.05) is 71.2 Å². The van der Waals surface area contributed by atoms with Crippen molar-refractivity contribution in [1.82, 2.24) is 4.90 Å². The summed E-state index contributed by atoms with van der Waals surface area (Å²) in [5.41, 5.74) is 3.23. The molecule has 1 saturated heterocycles. The van der Waals surface area contributed by atoms with Gasteiger partial charge < -0.3 is 4.90 Å². The molecule has 1 fully saturated rings. The number of hydrogen-bond donors (Lipinski definition) is 0. The molecular weight excluding hydrogens is 278 g/mol. The van der Waals surface area contributed by atoms with Gasteiger partial charge in [-0.25, -0.2) is 0 Å². The standard InChI is InChI=1S/C22H37N/c1-5-6-7-8-15-23-16-9-10-20(18-23)17-19-11-13-21(14-12-19)22(2,3)4/h11-14,20H,5-10,15-18H2,1-4H3. The van der Waals surface area contributed by atoms with Crippen molar-refractivity contribution < 1.29 is 0 Å². The van der Waals surface area contributed by atoms with Crippen LogP contribution in [0.15, 0.2) is 24.3 Å². The van der Waals surface area contributed by atoms with Crippen LogP contribution in [0.5, 0.6) is 0 Å². The minimum absolute atomic E-state index is 0.263. The van der Waals surface area contributed by atoms with Gasteiger partial charge in [-0.15, -0.1) is 0 Å². The zero-order chi connectivity index (χ0) is 16.7. The van der Waals surface area contributed by atoms with E-state index >= 15 is 0 Å². The van der Waals surface area contributed by atoms with Gasteiger partial charge in [0.25, 0.3) is 0 Å². The maximum Gasteiger partial charge on any atom is 0.00128 e. The zero-order valence-electron chi connectivity index (χ0n) is 15.9. The van der Waals surface area contributed by atoms with E-state index in [0.29, 0.717) is 0 Å². The molecule has 1 unspecified atom stereocenters. The SMILES string of the molecule is CCCCCCN1CCCC(Cc2ccc(C(C)(C)C)cc2)C1. The van der Waals surface area contributed by atoms with E-state index in [9.17, 15) is 0 Å². The van der Waals surface area contributed by atoms with Crippen LogP contribution >= 0.6 is 0 Å². The lowest BCUT2D eigenvalue weighted by Crippen LogP contribution is -2.36. The minimum atomic E-state index is 0.263. The molecule has 0 radical (unpaired) electrons. The Morgan fingerprint density at radius 2 is 1.78 bits per heavy atom. The smallest absolute Gasteiger partial charge is 0.00128 e. The van der Waals surface area contributed by atoms with Crippen LogP contribution in [0.25, 0.3) is 0 Å². The maximum atomic E-state index is 2.72. The van der Waals surface area contributed by atoms with Crippen LogP contribution in [-0.4, -0.2) is 24.5 Å². The van der Waals surface area contributed by atoms with Crippen LogP contribution in [0.4, 0.5) is 0 Å². The second-order valence-corrected chi connectivity index (χ2v) is 8.52. The van der Waals surface area contributed by atoms with E-state index < -0.39 is 0 Å². The summed E-state index contributed by atoms with van der Waals surface area (Å²) in [4.78, 5) is 2.72. The Morgan fingerprint density at radius 1 is 1.04 bits per heavy atom. The van der Waals surface area contributed by atoms with E-state index in [-0.39, 0.29) is 5.41 Å². The first kappa shape index (κ1) is 18.5. The highest BCUT2D eigenvalue weighted by atomic mass is 15.1. The summed E-state index contributed by atoms with van der Waals surface area (Å²) in [5, 5.41) is 0. The third-order valence-corrected chi connectivity index (χ3v) is 5.28. The lowest BCUT2D eigenvalue weighted by Gasteiger charge is -2.33. The van der Waals surface area contributed by atoms with E-state index in [0.717, 1.165) is 5.92 Å². The summed E-state index contributed by atoms with van der Waals surface area (Å²) in [6.45, 7) is 13.1. The third-order valence-electron chi connectivity index (χ3n) is 5.28. The number of benzene rings is 1. The molecule has 1 heteroatoms. The predicted molar refractivity (Wildman–Crippen MR) is 102 cm³/mol. The molecule has 1 nitrogen and oxygen atoms in total. The summed E-state index contributed by atoms with van der Waals surface area (Å²) in [7, 11) is 0. The van der Waals surface area contributed by atoms with Gasteiger partial charge >= 0.3 is 0 Å². The Morgan fingerprint density at radius 3 is 2.43 bits per heavy atom. The fourth-order valence-electron chi connectivity index (χ4n) is 3.76. The van der Waals surface area contributed by atoms with Gasteiger partial charge in [0, 0.05) is 6.54 Å². The molecule has 1 heterocycles. The molecule has 2 rings (SSSR count). The summed E-state index contributed by atoms with van der Waals surface area (Å²) < 4.78 is 0. The first-order valence-corrected chi connectivity index (χ1v) is 9.81. The van der Waals surface area contributed by atoms with Crippen LogP contribution in [0.3, 0.4) is 0 Å². The average molecular weight is 316 g/mol. The fourth-order valence-corrected chi connectivity index (χ4v) is 3.76. The molecular formula is C22H37N.